The summed E-state index contributed by atoms with van der Waals surface area (Å²) in [6.45, 7) is 6.05. The van der Waals surface area contributed by atoms with Crippen molar-refractivity contribution < 1.29 is 8.63 Å². The van der Waals surface area contributed by atoms with E-state index in [9.17, 15) is 4.21 Å². The van der Waals surface area contributed by atoms with Gasteiger partial charge in [-0.1, -0.05) is 32.4 Å². The Morgan fingerprint density at radius 3 is 2.47 bits per heavy atom. The van der Waals surface area contributed by atoms with E-state index in [1.54, 1.807) is 30.5 Å². The molecule has 4 nitrogen and oxygen atoms in total. The first-order valence-corrected chi connectivity index (χ1v) is 7.39. The smallest absolute Gasteiger partial charge is 0.200 e. The summed E-state index contributed by atoms with van der Waals surface area (Å²) in [5, 5.41) is 0.427. The number of benzene rings is 1. The van der Waals surface area contributed by atoms with Gasteiger partial charge in [0.05, 0.1) is 5.02 Å². The van der Waals surface area contributed by atoms with Crippen LogP contribution < -0.4 is 0 Å². The van der Waals surface area contributed by atoms with Gasteiger partial charge in [-0.2, -0.15) is 0 Å². The van der Waals surface area contributed by atoms with E-state index < -0.39 is 11.0 Å². The summed E-state index contributed by atoms with van der Waals surface area (Å²) in [4.78, 5) is 4.93. The molecular formula is C13H17ClN2O2S. The summed E-state index contributed by atoms with van der Waals surface area (Å²) in [6.07, 6.45) is 0. The lowest BCUT2D eigenvalue weighted by molar-refractivity contribution is 0.408. The van der Waals surface area contributed by atoms with Crippen LogP contribution in [0.1, 0.15) is 26.7 Å². The van der Waals surface area contributed by atoms with Crippen LogP contribution in [-0.4, -0.2) is 27.6 Å². The highest BCUT2D eigenvalue weighted by molar-refractivity contribution is 7.83. The first-order chi connectivity index (χ1) is 8.71. The molecule has 0 aliphatic heterocycles. The van der Waals surface area contributed by atoms with Gasteiger partial charge in [-0.25, -0.2) is 13.5 Å². The lowest BCUT2D eigenvalue weighted by Crippen LogP contribution is -2.15. The zero-order chi connectivity index (χ0) is 14.4. The predicted molar refractivity (Wildman–Crippen MR) is 77.8 cm³/mol. The molecule has 6 heteroatoms. The van der Waals surface area contributed by atoms with E-state index in [0.29, 0.717) is 26.9 Å². The van der Waals surface area contributed by atoms with Crippen LogP contribution in [-0.2, 0) is 16.4 Å². The molecule has 2 rings (SSSR count). The minimum Gasteiger partial charge on any atom is -0.439 e. The zero-order valence-corrected chi connectivity index (χ0v) is 13.2. The van der Waals surface area contributed by atoms with Crippen molar-refractivity contribution in [3.63, 3.8) is 0 Å². The Morgan fingerprint density at radius 2 is 1.95 bits per heavy atom. The monoisotopic (exact) mass is 300 g/mol. The molecule has 0 N–H and O–H groups in total. The lowest BCUT2D eigenvalue weighted by atomic mass is 9.97. The van der Waals surface area contributed by atoms with Crippen molar-refractivity contribution in [1.29, 1.82) is 0 Å². The largest absolute Gasteiger partial charge is 0.439 e. The molecule has 0 aliphatic rings. The lowest BCUT2D eigenvalue weighted by Gasteiger charge is -2.12. The summed E-state index contributed by atoms with van der Waals surface area (Å²) in [5.41, 5.74) is 0.978. The first-order valence-electron chi connectivity index (χ1n) is 5.90. The number of fused-ring (bicyclic) bond motifs is 1. The molecule has 104 valence electrons. The second-order valence-electron chi connectivity index (χ2n) is 5.56. The minimum absolute atomic E-state index is 0.206. The van der Waals surface area contributed by atoms with Crippen LogP contribution in [0.4, 0.5) is 0 Å². The maximum atomic E-state index is 12.3. The Kier molecular flexibility index (Phi) is 3.73. The van der Waals surface area contributed by atoms with E-state index >= 15 is 0 Å². The van der Waals surface area contributed by atoms with Crippen LogP contribution >= 0.6 is 11.6 Å². The van der Waals surface area contributed by atoms with Crippen molar-refractivity contribution in [3.05, 3.63) is 23.0 Å². The summed E-state index contributed by atoms with van der Waals surface area (Å²) in [6, 6.07) is 3.49. The highest BCUT2D eigenvalue weighted by atomic mass is 35.5. The average Bonchev–Trinajstić information content (AvgIpc) is 2.71. The number of hydrogen-bond acceptors (Lipinski definition) is 3. The molecule has 0 radical (unpaired) electrons. The van der Waals surface area contributed by atoms with Crippen LogP contribution in [0.5, 0.6) is 0 Å². The topological polar surface area (TPSA) is 46.3 Å². The third-order valence-electron chi connectivity index (χ3n) is 2.61. The molecule has 1 unspecified atom stereocenters. The average molecular weight is 301 g/mol. The summed E-state index contributed by atoms with van der Waals surface area (Å²) in [7, 11) is 2.09. The second kappa shape index (κ2) is 4.89. The van der Waals surface area contributed by atoms with Crippen molar-refractivity contribution in [3.8, 4) is 0 Å². The fraction of sp³-hybridized carbons (Fsp3) is 0.462. The van der Waals surface area contributed by atoms with Crippen molar-refractivity contribution >= 4 is 33.7 Å². The molecule has 0 saturated carbocycles. The summed E-state index contributed by atoms with van der Waals surface area (Å²) in [5.74, 6) is 0.613. The van der Waals surface area contributed by atoms with Crippen molar-refractivity contribution in [2.75, 3.05) is 14.1 Å². The van der Waals surface area contributed by atoms with Crippen molar-refractivity contribution in [1.82, 2.24) is 9.29 Å². The van der Waals surface area contributed by atoms with Gasteiger partial charge in [-0.15, -0.1) is 0 Å². The SMILES string of the molecule is CN(C)S(=O)c1c(Cl)ccc2nc(C(C)(C)C)oc12. The van der Waals surface area contributed by atoms with Crippen molar-refractivity contribution in [2.45, 2.75) is 31.1 Å². The van der Waals surface area contributed by atoms with Crippen LogP contribution in [0.15, 0.2) is 21.4 Å². The van der Waals surface area contributed by atoms with E-state index in [-0.39, 0.29) is 5.41 Å². The summed E-state index contributed by atoms with van der Waals surface area (Å²) >= 11 is 6.16. The van der Waals surface area contributed by atoms with Crippen LogP contribution in [0.3, 0.4) is 0 Å². The van der Waals surface area contributed by atoms with E-state index in [1.807, 2.05) is 20.8 Å². The maximum Gasteiger partial charge on any atom is 0.200 e. The molecule has 0 bridgehead atoms. The quantitative estimate of drug-likeness (QED) is 0.854. The van der Waals surface area contributed by atoms with Gasteiger partial charge in [0.1, 0.15) is 21.4 Å². The maximum absolute atomic E-state index is 12.3. The highest BCUT2D eigenvalue weighted by Crippen LogP contribution is 2.33. The first kappa shape index (κ1) is 14.5. The number of rotatable bonds is 2. The van der Waals surface area contributed by atoms with Gasteiger partial charge in [0.25, 0.3) is 0 Å². The second-order valence-corrected chi connectivity index (χ2v) is 7.60. The zero-order valence-electron chi connectivity index (χ0n) is 11.7. The molecule has 2 aromatic rings. The minimum atomic E-state index is -1.37. The highest BCUT2D eigenvalue weighted by Gasteiger charge is 2.25. The van der Waals surface area contributed by atoms with E-state index in [2.05, 4.69) is 4.98 Å². The van der Waals surface area contributed by atoms with E-state index in [1.165, 1.54) is 0 Å². The molecule has 1 heterocycles. The van der Waals surface area contributed by atoms with Gasteiger partial charge in [-0.3, -0.25) is 0 Å². The summed E-state index contributed by atoms with van der Waals surface area (Å²) < 4.78 is 19.7. The van der Waals surface area contributed by atoms with Gasteiger partial charge in [0.2, 0.25) is 5.89 Å². The standard InChI is InChI=1S/C13H17ClN2O2S/c1-13(2,3)12-15-9-7-6-8(14)11(10(9)18-12)19(17)16(4)5/h6-7H,1-5H3. The number of nitrogens with zero attached hydrogens (tertiary/aromatic N) is 2. The molecule has 0 amide bonds. The predicted octanol–water partition coefficient (Wildman–Crippen LogP) is 3.36. The van der Waals surface area contributed by atoms with Gasteiger partial charge in [0, 0.05) is 5.41 Å². The number of aromatic nitrogens is 1. The Balaban J connectivity index is 2.72. The third kappa shape index (κ3) is 2.68. The van der Waals surface area contributed by atoms with Gasteiger partial charge in [-0.05, 0) is 26.2 Å². The van der Waals surface area contributed by atoms with Gasteiger partial charge < -0.3 is 4.42 Å². The number of hydrogen-bond donors (Lipinski definition) is 0. The third-order valence-corrected chi connectivity index (χ3v) is 4.46. The van der Waals surface area contributed by atoms with Crippen molar-refractivity contribution in [2.24, 2.45) is 0 Å². The normalized spacial score (nSPS) is 14.3. The molecule has 0 spiro atoms. The van der Waals surface area contributed by atoms with E-state index in [0.717, 1.165) is 0 Å². The molecule has 1 aromatic heterocycles. The molecular weight excluding hydrogens is 284 g/mol. The number of halogens is 1. The molecule has 0 aliphatic carbocycles. The molecule has 19 heavy (non-hydrogen) atoms. The van der Waals surface area contributed by atoms with Crippen LogP contribution in [0, 0.1) is 0 Å². The molecule has 0 saturated heterocycles. The Morgan fingerprint density at radius 1 is 1.32 bits per heavy atom. The molecule has 1 atom stereocenters. The Labute approximate surface area is 120 Å². The Bertz CT molecular complexity index is 644. The Hall–Kier alpha value is -0.910. The fourth-order valence-electron chi connectivity index (χ4n) is 1.61. The van der Waals surface area contributed by atoms with Crippen LogP contribution in [0.25, 0.3) is 11.1 Å². The van der Waals surface area contributed by atoms with E-state index in [4.69, 9.17) is 16.0 Å². The number of oxazole rings is 1. The molecule has 1 aromatic carbocycles. The molecule has 0 fully saturated rings. The van der Waals surface area contributed by atoms with Gasteiger partial charge >= 0.3 is 0 Å². The fourth-order valence-corrected chi connectivity index (χ4v) is 2.86. The van der Waals surface area contributed by atoms with Gasteiger partial charge in [0.15, 0.2) is 5.58 Å². The van der Waals surface area contributed by atoms with Crippen LogP contribution in [0.2, 0.25) is 5.02 Å².